The van der Waals surface area contributed by atoms with E-state index >= 15 is 0 Å². The van der Waals surface area contributed by atoms with Crippen LogP contribution in [0.2, 0.25) is 0 Å². The lowest BCUT2D eigenvalue weighted by molar-refractivity contribution is 0.0915. The number of nitrogens with one attached hydrogen (secondary N) is 1. The van der Waals surface area contributed by atoms with Crippen LogP contribution in [0.3, 0.4) is 0 Å². The van der Waals surface area contributed by atoms with Crippen LogP contribution in [0, 0.1) is 0 Å². The summed E-state index contributed by atoms with van der Waals surface area (Å²) >= 11 is 0. The Morgan fingerprint density at radius 2 is 1.92 bits per heavy atom. The van der Waals surface area contributed by atoms with Crippen molar-refractivity contribution in [2.75, 3.05) is 6.61 Å². The number of hydrogen-bond acceptors (Lipinski definition) is 4. The first-order valence-electron chi connectivity index (χ1n) is 8.52. The van der Waals surface area contributed by atoms with Crippen molar-refractivity contribution in [3.63, 3.8) is 0 Å². The number of carbonyl (C=O) groups excluding carboxylic acids is 1. The standard InChI is InChI=1S/C20H22N4O2/c1-24-19(11-15-6-3-2-4-7-15)18(13-22-24)20(26)23-17(14-25)10-16-8-5-9-21-12-16/h2-9,12-13,17,25H,10-11,14H2,1H3,(H,23,26). The second-order valence-electron chi connectivity index (χ2n) is 6.21. The zero-order valence-corrected chi connectivity index (χ0v) is 14.7. The van der Waals surface area contributed by atoms with Crippen molar-refractivity contribution < 1.29 is 9.90 Å². The lowest BCUT2D eigenvalue weighted by Crippen LogP contribution is -2.39. The normalized spacial score (nSPS) is 11.9. The molecule has 26 heavy (non-hydrogen) atoms. The number of aliphatic hydroxyl groups is 1. The highest BCUT2D eigenvalue weighted by Gasteiger charge is 2.19. The number of hydrogen-bond donors (Lipinski definition) is 2. The van der Waals surface area contributed by atoms with Gasteiger partial charge >= 0.3 is 0 Å². The van der Waals surface area contributed by atoms with Crippen molar-refractivity contribution in [2.45, 2.75) is 18.9 Å². The predicted molar refractivity (Wildman–Crippen MR) is 98.7 cm³/mol. The van der Waals surface area contributed by atoms with E-state index in [4.69, 9.17) is 0 Å². The molecule has 0 fully saturated rings. The molecule has 3 aromatic rings. The van der Waals surface area contributed by atoms with Gasteiger partial charge in [0.2, 0.25) is 0 Å². The summed E-state index contributed by atoms with van der Waals surface area (Å²) in [5.41, 5.74) is 3.44. The Labute approximate surface area is 152 Å². The van der Waals surface area contributed by atoms with E-state index in [1.165, 1.54) is 0 Å². The minimum absolute atomic E-state index is 0.144. The van der Waals surface area contributed by atoms with E-state index in [9.17, 15) is 9.90 Å². The van der Waals surface area contributed by atoms with E-state index < -0.39 is 0 Å². The molecule has 0 saturated heterocycles. The molecule has 0 saturated carbocycles. The van der Waals surface area contributed by atoms with Gasteiger partial charge in [-0.25, -0.2) is 0 Å². The molecule has 2 aromatic heterocycles. The summed E-state index contributed by atoms with van der Waals surface area (Å²) in [7, 11) is 1.83. The van der Waals surface area contributed by atoms with E-state index in [1.54, 1.807) is 23.3 Å². The van der Waals surface area contributed by atoms with Crippen LogP contribution in [0.5, 0.6) is 0 Å². The minimum atomic E-state index is -0.378. The van der Waals surface area contributed by atoms with Gasteiger partial charge < -0.3 is 10.4 Å². The van der Waals surface area contributed by atoms with Crippen molar-refractivity contribution in [3.05, 3.63) is 83.4 Å². The van der Waals surface area contributed by atoms with E-state index in [-0.39, 0.29) is 18.6 Å². The molecule has 0 aliphatic heterocycles. The van der Waals surface area contributed by atoms with Crippen LogP contribution in [0.15, 0.2) is 61.1 Å². The van der Waals surface area contributed by atoms with Crippen LogP contribution in [0.25, 0.3) is 0 Å². The van der Waals surface area contributed by atoms with Crippen LogP contribution in [-0.4, -0.2) is 38.4 Å². The molecule has 0 radical (unpaired) electrons. The zero-order valence-electron chi connectivity index (χ0n) is 14.7. The number of aryl methyl sites for hydroxylation is 1. The lowest BCUT2D eigenvalue weighted by Gasteiger charge is -2.16. The monoisotopic (exact) mass is 350 g/mol. The third kappa shape index (κ3) is 4.34. The molecule has 0 bridgehead atoms. The van der Waals surface area contributed by atoms with E-state index in [0.717, 1.165) is 16.8 Å². The van der Waals surface area contributed by atoms with Gasteiger partial charge in [-0.1, -0.05) is 36.4 Å². The molecule has 0 aliphatic rings. The lowest BCUT2D eigenvalue weighted by atomic mass is 10.1. The number of benzene rings is 1. The predicted octanol–water partition coefficient (Wildman–Crippen LogP) is 1.74. The molecule has 2 heterocycles. The first kappa shape index (κ1) is 17.8. The fourth-order valence-corrected chi connectivity index (χ4v) is 2.88. The number of amides is 1. The Bertz CT molecular complexity index is 847. The number of pyridine rings is 1. The maximum atomic E-state index is 12.7. The molecule has 3 rings (SSSR count). The van der Waals surface area contributed by atoms with E-state index in [0.29, 0.717) is 18.4 Å². The molecule has 1 aromatic carbocycles. The van der Waals surface area contributed by atoms with Crippen molar-refractivity contribution in [2.24, 2.45) is 7.05 Å². The van der Waals surface area contributed by atoms with Gasteiger partial charge in [-0.05, 0) is 23.6 Å². The maximum absolute atomic E-state index is 12.7. The minimum Gasteiger partial charge on any atom is -0.394 e. The molecule has 1 unspecified atom stereocenters. The molecular formula is C20H22N4O2. The third-order valence-electron chi connectivity index (χ3n) is 4.28. The van der Waals surface area contributed by atoms with Crippen LogP contribution >= 0.6 is 0 Å². The zero-order chi connectivity index (χ0) is 18.4. The number of nitrogens with zero attached hydrogens (tertiary/aromatic N) is 3. The van der Waals surface area contributed by atoms with Crippen LogP contribution in [0.1, 0.15) is 27.2 Å². The summed E-state index contributed by atoms with van der Waals surface area (Å²) in [4.78, 5) is 16.8. The SMILES string of the molecule is Cn1ncc(C(=O)NC(CO)Cc2cccnc2)c1Cc1ccccc1. The van der Waals surface area contributed by atoms with Crippen molar-refractivity contribution in [1.29, 1.82) is 0 Å². The molecule has 6 heteroatoms. The van der Waals surface area contributed by atoms with E-state index in [2.05, 4.69) is 15.4 Å². The average molecular weight is 350 g/mol. The molecule has 134 valence electrons. The topological polar surface area (TPSA) is 80.0 Å². The fraction of sp³-hybridized carbons (Fsp3) is 0.250. The number of aliphatic hydroxyl groups excluding tert-OH is 1. The Morgan fingerprint density at radius 3 is 2.62 bits per heavy atom. The molecular weight excluding hydrogens is 328 g/mol. The van der Waals surface area contributed by atoms with Crippen molar-refractivity contribution in [3.8, 4) is 0 Å². The Morgan fingerprint density at radius 1 is 1.15 bits per heavy atom. The summed E-state index contributed by atoms with van der Waals surface area (Å²) in [6.45, 7) is -0.144. The van der Waals surface area contributed by atoms with Gasteiger partial charge in [0.15, 0.2) is 0 Å². The molecule has 0 spiro atoms. The molecule has 1 amide bonds. The highest BCUT2D eigenvalue weighted by molar-refractivity contribution is 5.95. The molecule has 1 atom stereocenters. The van der Waals surface area contributed by atoms with Gasteiger partial charge in [-0.2, -0.15) is 5.10 Å². The van der Waals surface area contributed by atoms with Gasteiger partial charge in [-0.15, -0.1) is 0 Å². The highest BCUT2D eigenvalue weighted by Crippen LogP contribution is 2.14. The largest absolute Gasteiger partial charge is 0.394 e. The summed E-state index contributed by atoms with van der Waals surface area (Å²) in [5.74, 6) is -0.230. The summed E-state index contributed by atoms with van der Waals surface area (Å²) in [6.07, 6.45) is 6.14. The third-order valence-corrected chi connectivity index (χ3v) is 4.28. The molecule has 2 N–H and O–H groups in total. The quantitative estimate of drug-likeness (QED) is 0.680. The average Bonchev–Trinajstić information content (AvgIpc) is 3.03. The van der Waals surface area contributed by atoms with Gasteiger partial charge in [0.1, 0.15) is 0 Å². The highest BCUT2D eigenvalue weighted by atomic mass is 16.3. The fourth-order valence-electron chi connectivity index (χ4n) is 2.88. The number of aromatic nitrogens is 3. The number of rotatable bonds is 7. The first-order valence-corrected chi connectivity index (χ1v) is 8.52. The number of carbonyl (C=O) groups is 1. The van der Waals surface area contributed by atoms with Crippen LogP contribution in [-0.2, 0) is 19.9 Å². The van der Waals surface area contributed by atoms with Crippen molar-refractivity contribution >= 4 is 5.91 Å². The van der Waals surface area contributed by atoms with Gasteiger partial charge in [0.25, 0.3) is 5.91 Å². The second kappa shape index (κ2) is 8.40. The molecule has 0 aliphatic carbocycles. The Balaban J connectivity index is 1.73. The van der Waals surface area contributed by atoms with Crippen LogP contribution < -0.4 is 5.32 Å². The first-order chi connectivity index (χ1) is 12.7. The van der Waals surface area contributed by atoms with Gasteiger partial charge in [0.05, 0.1) is 30.1 Å². The molecule has 6 nitrogen and oxygen atoms in total. The second-order valence-corrected chi connectivity index (χ2v) is 6.21. The van der Waals surface area contributed by atoms with Gasteiger partial charge in [-0.3, -0.25) is 14.5 Å². The summed E-state index contributed by atoms with van der Waals surface area (Å²) in [6, 6.07) is 13.3. The Kier molecular flexibility index (Phi) is 5.76. The van der Waals surface area contributed by atoms with Crippen LogP contribution in [0.4, 0.5) is 0 Å². The smallest absolute Gasteiger partial charge is 0.255 e. The Hall–Kier alpha value is -2.99. The summed E-state index contributed by atoms with van der Waals surface area (Å²) < 4.78 is 1.72. The maximum Gasteiger partial charge on any atom is 0.255 e. The van der Waals surface area contributed by atoms with Crippen molar-refractivity contribution in [1.82, 2.24) is 20.1 Å². The summed E-state index contributed by atoms with van der Waals surface area (Å²) in [5, 5.41) is 16.8. The van der Waals surface area contributed by atoms with E-state index in [1.807, 2.05) is 49.5 Å². The van der Waals surface area contributed by atoms with Gasteiger partial charge in [0, 0.05) is 25.9 Å².